The Bertz CT molecular complexity index is 28.6. The SMILES string of the molecule is [Nb].[O]=[Zr]=[O].[Zr]. The van der Waals surface area contributed by atoms with Crippen molar-refractivity contribution in [3.8, 4) is 0 Å². The van der Waals surface area contributed by atoms with Gasteiger partial charge in [-0.3, -0.25) is 0 Å². The maximum absolute atomic E-state index is 8.54. The van der Waals surface area contributed by atoms with Crippen molar-refractivity contribution in [2.45, 2.75) is 0 Å². The number of rotatable bonds is 0. The normalized spacial score (nSPS) is 1.60. The van der Waals surface area contributed by atoms with Crippen molar-refractivity contribution in [3.05, 3.63) is 0 Å². The van der Waals surface area contributed by atoms with Gasteiger partial charge in [0.1, 0.15) is 0 Å². The average molecular weight is 307 g/mol. The predicted octanol–water partition coefficient (Wildman–Crippen LogP) is -0.245. The van der Waals surface area contributed by atoms with Crippen LogP contribution in [0.4, 0.5) is 0 Å². The van der Waals surface area contributed by atoms with Gasteiger partial charge in [0, 0.05) is 48.6 Å². The summed E-state index contributed by atoms with van der Waals surface area (Å²) in [4.78, 5) is 0. The van der Waals surface area contributed by atoms with Gasteiger partial charge in [-0.15, -0.1) is 0 Å². The smallest absolute Gasteiger partial charge is 0 e. The maximum Gasteiger partial charge on any atom is 0 e. The molecule has 0 saturated carbocycles. The van der Waals surface area contributed by atoms with Crippen molar-refractivity contribution < 1.29 is 77.5 Å². The first-order valence-electron chi connectivity index (χ1n) is 0.408. The van der Waals surface area contributed by atoms with E-state index in [1.807, 2.05) is 0 Å². The molecule has 0 aromatic carbocycles. The first kappa shape index (κ1) is 15.7. The maximum atomic E-state index is 8.54. The average Bonchev–Trinajstić information content (AvgIpc) is 0.918. The van der Waals surface area contributed by atoms with E-state index in [0.717, 1.165) is 0 Å². The summed E-state index contributed by atoms with van der Waals surface area (Å²) in [7, 11) is 0. The van der Waals surface area contributed by atoms with Crippen LogP contribution in [0.1, 0.15) is 0 Å². The van der Waals surface area contributed by atoms with Gasteiger partial charge in [0.25, 0.3) is 0 Å². The Morgan fingerprint density at radius 1 is 1.20 bits per heavy atom. The summed E-state index contributed by atoms with van der Waals surface area (Å²) < 4.78 is 17.1. The molecule has 0 unspecified atom stereocenters. The summed E-state index contributed by atoms with van der Waals surface area (Å²) in [6.07, 6.45) is 0. The Balaban J connectivity index is -0.0000000200. The summed E-state index contributed by atoms with van der Waals surface area (Å²) in [5.41, 5.74) is 0. The second-order valence-corrected chi connectivity index (χ2v) is 0.493. The molecule has 5 heavy (non-hydrogen) atoms. The molecule has 0 aliphatic carbocycles. The second-order valence-electron chi connectivity index (χ2n) is 0.0833. The fourth-order valence-corrected chi connectivity index (χ4v) is 0. The van der Waals surface area contributed by atoms with Gasteiger partial charge >= 0.3 is 28.9 Å². The summed E-state index contributed by atoms with van der Waals surface area (Å²) >= 11 is -2.27. The van der Waals surface area contributed by atoms with E-state index < -0.39 is 23.2 Å². The third-order valence-corrected chi connectivity index (χ3v) is 0. The molecule has 0 heterocycles. The monoisotopic (exact) mass is 305 g/mol. The zero-order chi connectivity index (χ0) is 2.71. The minimum Gasteiger partial charge on any atom is 0 e. The van der Waals surface area contributed by atoms with Crippen molar-refractivity contribution >= 4 is 0 Å². The van der Waals surface area contributed by atoms with E-state index in [1.165, 1.54) is 0 Å². The third kappa shape index (κ3) is 23.2. The van der Waals surface area contributed by atoms with Crippen LogP contribution < -0.4 is 0 Å². The molecule has 0 atom stereocenters. The van der Waals surface area contributed by atoms with E-state index in [-0.39, 0.29) is 48.6 Å². The Kier molecular flexibility index (Phi) is 51.9. The van der Waals surface area contributed by atoms with E-state index in [2.05, 4.69) is 0 Å². The molecule has 0 spiro atoms. The van der Waals surface area contributed by atoms with Crippen LogP contribution in [0.15, 0.2) is 0 Å². The largest absolute Gasteiger partial charge is 0 e. The van der Waals surface area contributed by atoms with E-state index >= 15 is 0 Å². The minimum atomic E-state index is -2.27. The molecule has 0 fully saturated rings. The standard InChI is InChI=1S/Nb.2O.2Zr. The first-order chi connectivity index (χ1) is 1.41. The third-order valence-electron chi connectivity index (χ3n) is 0. The quantitative estimate of drug-likeness (QED) is 0.579. The fraction of sp³-hybridized carbons (Fsp3) is 0. The predicted molar refractivity (Wildman–Crippen MR) is 1.37 cm³/mol. The molecule has 1 radical (unpaired) electrons. The Labute approximate surface area is 76.2 Å². The molecule has 0 aliphatic rings. The fourth-order valence-electron chi connectivity index (χ4n) is 0. The van der Waals surface area contributed by atoms with Crippen molar-refractivity contribution in [2.75, 3.05) is 0 Å². The zero-order valence-corrected chi connectivity index (χ0v) is 9.38. The van der Waals surface area contributed by atoms with Gasteiger partial charge in [0.2, 0.25) is 0 Å². The summed E-state index contributed by atoms with van der Waals surface area (Å²) in [5, 5.41) is 0. The minimum absolute atomic E-state index is 0. The Morgan fingerprint density at radius 3 is 1.20 bits per heavy atom. The van der Waals surface area contributed by atoms with E-state index in [9.17, 15) is 0 Å². The van der Waals surface area contributed by atoms with Crippen LogP contribution in [0, 0.1) is 0 Å². The molecule has 0 rings (SSSR count). The van der Waals surface area contributed by atoms with E-state index in [0.29, 0.717) is 0 Å². The van der Waals surface area contributed by atoms with Gasteiger partial charge in [-0.1, -0.05) is 0 Å². The van der Waals surface area contributed by atoms with Crippen LogP contribution in [0.2, 0.25) is 0 Å². The van der Waals surface area contributed by atoms with Crippen LogP contribution >= 0.6 is 0 Å². The van der Waals surface area contributed by atoms with Crippen LogP contribution in [0.25, 0.3) is 0 Å². The van der Waals surface area contributed by atoms with Gasteiger partial charge in [0.05, 0.1) is 0 Å². The molecule has 0 aromatic heterocycles. The molecule has 25 valence electrons. The Morgan fingerprint density at radius 2 is 1.20 bits per heavy atom. The molecule has 5 heteroatoms. The van der Waals surface area contributed by atoms with Crippen LogP contribution in [-0.2, 0) is 77.5 Å². The van der Waals surface area contributed by atoms with Crippen molar-refractivity contribution in [1.29, 1.82) is 0 Å². The van der Waals surface area contributed by atoms with Crippen LogP contribution in [0.3, 0.4) is 0 Å². The van der Waals surface area contributed by atoms with Crippen LogP contribution in [-0.4, -0.2) is 0 Å². The van der Waals surface area contributed by atoms with Gasteiger partial charge in [-0.2, -0.15) is 0 Å². The second kappa shape index (κ2) is 16.5. The molecule has 0 bridgehead atoms. The molecular weight excluding hydrogens is 307 g/mol. The Hall–Kier alpha value is 2.11. The van der Waals surface area contributed by atoms with Gasteiger partial charge in [-0.25, -0.2) is 0 Å². The molecule has 0 N–H and O–H groups in total. The molecule has 0 amide bonds. The summed E-state index contributed by atoms with van der Waals surface area (Å²) in [6, 6.07) is 0. The summed E-state index contributed by atoms with van der Waals surface area (Å²) in [6.45, 7) is 0. The molecule has 0 aromatic rings. The van der Waals surface area contributed by atoms with Crippen LogP contribution in [0.5, 0.6) is 0 Å². The van der Waals surface area contributed by atoms with Crippen molar-refractivity contribution in [3.63, 3.8) is 0 Å². The summed E-state index contributed by atoms with van der Waals surface area (Å²) in [5.74, 6) is 0. The molecule has 0 saturated heterocycles. The van der Waals surface area contributed by atoms with Gasteiger partial charge in [-0.05, 0) is 0 Å². The molecule has 2 nitrogen and oxygen atoms in total. The topological polar surface area (TPSA) is 34.1 Å². The molecular formula is NbO2Zr2. The van der Waals surface area contributed by atoms with Crippen molar-refractivity contribution in [1.82, 2.24) is 0 Å². The van der Waals surface area contributed by atoms with Gasteiger partial charge in [0.15, 0.2) is 0 Å². The number of hydrogen-bond acceptors (Lipinski definition) is 2. The zero-order valence-electron chi connectivity index (χ0n) is 2.26. The van der Waals surface area contributed by atoms with Gasteiger partial charge < -0.3 is 0 Å². The molecule has 0 aliphatic heterocycles. The first-order valence-corrected chi connectivity index (χ1v) is 2.42. The van der Waals surface area contributed by atoms with E-state index in [4.69, 9.17) is 5.63 Å². The van der Waals surface area contributed by atoms with Crippen molar-refractivity contribution in [2.24, 2.45) is 0 Å². The van der Waals surface area contributed by atoms with E-state index in [1.54, 1.807) is 0 Å². The number of hydrogen-bond donors (Lipinski definition) is 0.